The van der Waals surface area contributed by atoms with Gasteiger partial charge in [-0.3, -0.25) is 4.79 Å². The van der Waals surface area contributed by atoms with Gasteiger partial charge >= 0.3 is 0 Å². The molecule has 1 amide bonds. The van der Waals surface area contributed by atoms with Crippen LogP contribution in [0.25, 0.3) is 0 Å². The van der Waals surface area contributed by atoms with Crippen LogP contribution in [0.1, 0.15) is 26.2 Å². The Morgan fingerprint density at radius 3 is 2.81 bits per heavy atom. The Bertz CT molecular complexity index is 307. The number of ether oxygens (including phenoxy) is 1. The van der Waals surface area contributed by atoms with Gasteiger partial charge < -0.3 is 9.64 Å². The first-order valence-electron chi connectivity index (χ1n) is 5.96. The summed E-state index contributed by atoms with van der Waals surface area (Å²) in [5.74, 6) is 0.533. The first-order chi connectivity index (χ1) is 7.68. The van der Waals surface area contributed by atoms with Crippen LogP contribution in [-0.4, -0.2) is 37.1 Å². The van der Waals surface area contributed by atoms with Gasteiger partial charge in [-0.15, -0.1) is 0 Å². The van der Waals surface area contributed by atoms with E-state index in [1.54, 1.807) is 0 Å². The summed E-state index contributed by atoms with van der Waals surface area (Å²) in [6, 6.07) is 2.23. The Balaban J connectivity index is 2.03. The number of hydrogen-bond donors (Lipinski definition) is 0. The summed E-state index contributed by atoms with van der Waals surface area (Å²) in [5, 5.41) is 9.20. The molecule has 4 nitrogen and oxygen atoms in total. The molecule has 1 aliphatic carbocycles. The first-order valence-corrected chi connectivity index (χ1v) is 5.96. The van der Waals surface area contributed by atoms with Gasteiger partial charge in [0.2, 0.25) is 5.91 Å². The molecule has 0 aromatic rings. The summed E-state index contributed by atoms with van der Waals surface area (Å²) in [6.45, 7) is 4.78. The Hall–Kier alpha value is -1.08. The van der Waals surface area contributed by atoms with Crippen molar-refractivity contribution in [1.82, 2.24) is 4.90 Å². The van der Waals surface area contributed by atoms with Crippen LogP contribution >= 0.6 is 0 Å². The molecule has 0 bridgehead atoms. The van der Waals surface area contributed by atoms with Gasteiger partial charge in [0.25, 0.3) is 0 Å². The van der Waals surface area contributed by atoms with E-state index < -0.39 is 5.41 Å². The quantitative estimate of drug-likeness (QED) is 0.669. The molecule has 2 fully saturated rings. The third-order valence-corrected chi connectivity index (χ3v) is 3.53. The topological polar surface area (TPSA) is 53.3 Å². The summed E-state index contributed by atoms with van der Waals surface area (Å²) >= 11 is 0. The van der Waals surface area contributed by atoms with E-state index in [9.17, 15) is 10.1 Å². The highest BCUT2D eigenvalue weighted by molar-refractivity contribution is 5.86. The summed E-state index contributed by atoms with van der Waals surface area (Å²) in [4.78, 5) is 14.1. The average molecular weight is 222 g/mol. The molecule has 2 rings (SSSR count). The smallest absolute Gasteiger partial charge is 0.243 e. The monoisotopic (exact) mass is 222 g/mol. The molecular weight excluding hydrogens is 204 g/mol. The zero-order chi connectivity index (χ0) is 11.6. The van der Waals surface area contributed by atoms with E-state index in [0.717, 1.165) is 32.4 Å². The molecule has 0 radical (unpaired) electrons. The second kappa shape index (κ2) is 4.42. The molecule has 0 aromatic heterocycles. The molecule has 0 aromatic carbocycles. The van der Waals surface area contributed by atoms with Crippen molar-refractivity contribution in [3.05, 3.63) is 0 Å². The zero-order valence-corrected chi connectivity index (χ0v) is 9.74. The van der Waals surface area contributed by atoms with Crippen LogP contribution in [0.2, 0.25) is 0 Å². The second-order valence-electron chi connectivity index (χ2n) is 4.97. The van der Waals surface area contributed by atoms with E-state index in [1.165, 1.54) is 0 Å². The lowest BCUT2D eigenvalue weighted by molar-refractivity contribution is -0.145. The van der Waals surface area contributed by atoms with Gasteiger partial charge in [0.05, 0.1) is 12.7 Å². The Morgan fingerprint density at radius 1 is 1.44 bits per heavy atom. The van der Waals surface area contributed by atoms with Crippen LogP contribution in [0, 0.1) is 22.7 Å². The number of amides is 1. The van der Waals surface area contributed by atoms with Crippen molar-refractivity contribution in [3.8, 4) is 6.07 Å². The lowest BCUT2D eigenvalue weighted by atomic mass is 9.62. The summed E-state index contributed by atoms with van der Waals surface area (Å²) in [6.07, 6.45) is 2.32. The van der Waals surface area contributed by atoms with E-state index in [-0.39, 0.29) is 5.91 Å². The molecule has 0 unspecified atom stereocenters. The summed E-state index contributed by atoms with van der Waals surface area (Å²) < 4.78 is 5.32. The zero-order valence-electron chi connectivity index (χ0n) is 9.74. The van der Waals surface area contributed by atoms with Crippen LogP contribution in [-0.2, 0) is 9.53 Å². The number of carbonyl (C=O) groups is 1. The number of nitrogens with zero attached hydrogens (tertiary/aromatic N) is 2. The average Bonchev–Trinajstić information content (AvgIpc) is 2.52. The van der Waals surface area contributed by atoms with Crippen molar-refractivity contribution in [2.45, 2.75) is 26.2 Å². The van der Waals surface area contributed by atoms with Gasteiger partial charge in [-0.05, 0) is 25.2 Å². The van der Waals surface area contributed by atoms with E-state index in [2.05, 4.69) is 13.0 Å². The van der Waals surface area contributed by atoms with Crippen molar-refractivity contribution >= 4 is 5.91 Å². The summed E-state index contributed by atoms with van der Waals surface area (Å²) in [5.41, 5.74) is -0.718. The second-order valence-corrected chi connectivity index (χ2v) is 4.97. The highest BCUT2D eigenvalue weighted by atomic mass is 16.5. The standard InChI is InChI=1S/C12H18N2O2/c1-10-7-12(8-10,9-13)11(15)14-3-2-5-16-6-4-14/h10H,2-8H2,1H3. The van der Waals surface area contributed by atoms with Crippen molar-refractivity contribution in [2.75, 3.05) is 26.3 Å². The molecule has 1 heterocycles. The maximum Gasteiger partial charge on any atom is 0.243 e. The van der Waals surface area contributed by atoms with Crippen LogP contribution < -0.4 is 0 Å². The number of hydrogen-bond acceptors (Lipinski definition) is 3. The fourth-order valence-electron chi connectivity index (χ4n) is 2.70. The van der Waals surface area contributed by atoms with Gasteiger partial charge in [0, 0.05) is 19.7 Å². The first kappa shape index (κ1) is 11.4. The molecule has 1 saturated heterocycles. The highest BCUT2D eigenvalue weighted by Gasteiger charge is 2.50. The van der Waals surface area contributed by atoms with Crippen LogP contribution in [0.3, 0.4) is 0 Å². The van der Waals surface area contributed by atoms with Gasteiger partial charge in [0.1, 0.15) is 5.41 Å². The predicted octanol–water partition coefficient (Wildman–Crippen LogP) is 1.18. The van der Waals surface area contributed by atoms with Crippen LogP contribution in [0.15, 0.2) is 0 Å². The predicted molar refractivity (Wildman–Crippen MR) is 58.5 cm³/mol. The van der Waals surface area contributed by atoms with Crippen LogP contribution in [0.5, 0.6) is 0 Å². The normalized spacial score (nSPS) is 34.8. The lowest BCUT2D eigenvalue weighted by Gasteiger charge is -2.42. The van der Waals surface area contributed by atoms with E-state index in [4.69, 9.17) is 4.74 Å². The number of rotatable bonds is 1. The fourth-order valence-corrected chi connectivity index (χ4v) is 2.70. The van der Waals surface area contributed by atoms with E-state index in [0.29, 0.717) is 19.1 Å². The van der Waals surface area contributed by atoms with Crippen molar-refractivity contribution < 1.29 is 9.53 Å². The third-order valence-electron chi connectivity index (χ3n) is 3.53. The highest BCUT2D eigenvalue weighted by Crippen LogP contribution is 2.46. The maximum absolute atomic E-state index is 12.3. The minimum absolute atomic E-state index is 0.0265. The molecule has 4 heteroatoms. The summed E-state index contributed by atoms with van der Waals surface area (Å²) in [7, 11) is 0. The van der Waals surface area contributed by atoms with Gasteiger partial charge in [-0.25, -0.2) is 0 Å². The minimum Gasteiger partial charge on any atom is -0.380 e. The molecule has 1 aliphatic heterocycles. The Morgan fingerprint density at radius 2 is 2.19 bits per heavy atom. The van der Waals surface area contributed by atoms with Crippen molar-refractivity contribution in [3.63, 3.8) is 0 Å². The SMILES string of the molecule is CC1CC(C#N)(C(=O)N2CCCOCC2)C1. The van der Waals surface area contributed by atoms with Crippen molar-refractivity contribution in [1.29, 1.82) is 5.26 Å². The lowest BCUT2D eigenvalue weighted by Crippen LogP contribution is -2.50. The molecule has 0 N–H and O–H groups in total. The molecule has 1 saturated carbocycles. The third kappa shape index (κ3) is 1.92. The molecule has 16 heavy (non-hydrogen) atoms. The molecular formula is C12H18N2O2. The molecule has 0 atom stereocenters. The minimum atomic E-state index is -0.718. The van der Waals surface area contributed by atoms with E-state index >= 15 is 0 Å². The molecule has 88 valence electrons. The fraction of sp³-hybridized carbons (Fsp3) is 0.833. The maximum atomic E-state index is 12.3. The number of nitriles is 1. The van der Waals surface area contributed by atoms with Gasteiger partial charge in [-0.1, -0.05) is 6.92 Å². The number of carbonyl (C=O) groups excluding carboxylic acids is 1. The molecule has 0 spiro atoms. The van der Waals surface area contributed by atoms with Crippen molar-refractivity contribution in [2.24, 2.45) is 11.3 Å². The Kier molecular flexibility index (Phi) is 3.15. The van der Waals surface area contributed by atoms with E-state index in [1.807, 2.05) is 4.90 Å². The Labute approximate surface area is 96.2 Å². The van der Waals surface area contributed by atoms with Gasteiger partial charge in [-0.2, -0.15) is 5.26 Å². The van der Waals surface area contributed by atoms with Crippen LogP contribution in [0.4, 0.5) is 0 Å². The molecule has 2 aliphatic rings. The van der Waals surface area contributed by atoms with Gasteiger partial charge in [0.15, 0.2) is 0 Å². The largest absolute Gasteiger partial charge is 0.380 e.